The van der Waals surface area contributed by atoms with Crippen LogP contribution < -0.4 is 5.32 Å². The van der Waals surface area contributed by atoms with Gasteiger partial charge in [-0.1, -0.05) is 41.8 Å². The molecule has 144 valence electrons. The van der Waals surface area contributed by atoms with Gasteiger partial charge in [-0.3, -0.25) is 4.79 Å². The Kier molecular flexibility index (Phi) is 5.33. The Hall–Kier alpha value is -2.44. The molecule has 1 aliphatic rings. The Morgan fingerprint density at radius 1 is 1.07 bits per heavy atom. The van der Waals surface area contributed by atoms with E-state index in [2.05, 4.69) is 20.1 Å². The van der Waals surface area contributed by atoms with Gasteiger partial charge in [-0.05, 0) is 37.1 Å². The number of hydrogen-bond donors (Lipinski definition) is 1. The highest BCUT2D eigenvalue weighted by Gasteiger charge is 2.18. The molecule has 1 N–H and O–H groups in total. The number of fused-ring (bicyclic) bond motifs is 1. The third-order valence-electron chi connectivity index (χ3n) is 4.74. The van der Waals surface area contributed by atoms with Crippen molar-refractivity contribution < 1.29 is 9.18 Å². The van der Waals surface area contributed by atoms with Crippen molar-refractivity contribution in [3.8, 4) is 11.4 Å². The van der Waals surface area contributed by atoms with Gasteiger partial charge < -0.3 is 9.88 Å². The number of carbonyl (C=O) groups is 1. The predicted octanol–water partition coefficient (Wildman–Crippen LogP) is 5.37. The molecule has 0 bridgehead atoms. The van der Waals surface area contributed by atoms with E-state index in [-0.39, 0.29) is 15.6 Å². The van der Waals surface area contributed by atoms with E-state index in [1.165, 1.54) is 12.5 Å². The lowest BCUT2D eigenvalue weighted by Crippen LogP contribution is -2.13. The first-order chi connectivity index (χ1) is 13.5. The molecule has 8 heteroatoms. The molecule has 2 aromatic carbocycles. The zero-order valence-electron chi connectivity index (χ0n) is 14.9. The minimum atomic E-state index is -0.698. The van der Waals surface area contributed by atoms with Crippen molar-refractivity contribution in [1.82, 2.24) is 14.8 Å². The number of halogens is 3. The third-order valence-corrected chi connectivity index (χ3v) is 5.35. The van der Waals surface area contributed by atoms with E-state index in [0.29, 0.717) is 5.69 Å². The first-order valence-electron chi connectivity index (χ1n) is 9.01. The van der Waals surface area contributed by atoms with Crippen molar-refractivity contribution in [2.75, 3.05) is 5.32 Å². The molecule has 4 rings (SSSR count). The van der Waals surface area contributed by atoms with Crippen LogP contribution in [0.3, 0.4) is 0 Å². The van der Waals surface area contributed by atoms with E-state index >= 15 is 0 Å². The van der Waals surface area contributed by atoms with E-state index in [0.717, 1.165) is 49.1 Å². The first-order valence-corrected chi connectivity index (χ1v) is 9.77. The second kappa shape index (κ2) is 7.89. The van der Waals surface area contributed by atoms with Crippen LogP contribution >= 0.6 is 23.2 Å². The molecular weight excluding hydrogens is 402 g/mol. The van der Waals surface area contributed by atoms with Gasteiger partial charge in [-0.25, -0.2) is 4.39 Å². The van der Waals surface area contributed by atoms with Crippen LogP contribution in [0.5, 0.6) is 0 Å². The monoisotopic (exact) mass is 418 g/mol. The van der Waals surface area contributed by atoms with E-state index in [1.807, 2.05) is 18.2 Å². The number of aromatic nitrogens is 3. The Labute approximate surface area is 171 Å². The van der Waals surface area contributed by atoms with E-state index in [9.17, 15) is 9.18 Å². The van der Waals surface area contributed by atoms with Gasteiger partial charge in [0.05, 0.1) is 15.6 Å². The molecule has 2 heterocycles. The summed E-state index contributed by atoms with van der Waals surface area (Å²) in [6, 6.07) is 9.57. The van der Waals surface area contributed by atoms with Gasteiger partial charge >= 0.3 is 0 Å². The SMILES string of the molecule is O=C(Nc1cccc(-c2nnc3n2CCCCC3)c1)c1cc(F)c(Cl)cc1Cl. The summed E-state index contributed by atoms with van der Waals surface area (Å²) < 4.78 is 15.9. The maximum absolute atomic E-state index is 13.7. The van der Waals surface area contributed by atoms with Crippen molar-refractivity contribution in [1.29, 1.82) is 0 Å². The number of carbonyl (C=O) groups excluding carboxylic acids is 1. The van der Waals surface area contributed by atoms with Crippen LogP contribution in [0, 0.1) is 5.82 Å². The molecular formula is C20H17Cl2FN4O. The molecule has 28 heavy (non-hydrogen) atoms. The molecule has 0 aliphatic carbocycles. The quantitative estimate of drug-likeness (QED) is 0.581. The van der Waals surface area contributed by atoms with Crippen molar-refractivity contribution in [3.05, 3.63) is 63.6 Å². The van der Waals surface area contributed by atoms with E-state index < -0.39 is 11.7 Å². The molecule has 0 fully saturated rings. The van der Waals surface area contributed by atoms with Gasteiger partial charge in [0.2, 0.25) is 0 Å². The summed E-state index contributed by atoms with van der Waals surface area (Å²) in [5, 5.41) is 11.4. The highest BCUT2D eigenvalue weighted by atomic mass is 35.5. The second-order valence-electron chi connectivity index (χ2n) is 6.68. The topological polar surface area (TPSA) is 59.8 Å². The summed E-state index contributed by atoms with van der Waals surface area (Å²) in [5.74, 6) is 0.558. The molecule has 3 aromatic rings. The smallest absolute Gasteiger partial charge is 0.257 e. The maximum Gasteiger partial charge on any atom is 0.257 e. The summed E-state index contributed by atoms with van der Waals surface area (Å²) in [7, 11) is 0. The van der Waals surface area contributed by atoms with Gasteiger partial charge in [0.1, 0.15) is 11.6 Å². The highest BCUT2D eigenvalue weighted by molar-refractivity contribution is 6.37. The van der Waals surface area contributed by atoms with Crippen LogP contribution in [0.2, 0.25) is 10.0 Å². The number of anilines is 1. The molecule has 1 aromatic heterocycles. The van der Waals surface area contributed by atoms with Crippen LogP contribution in [0.4, 0.5) is 10.1 Å². The summed E-state index contributed by atoms with van der Waals surface area (Å²) in [4.78, 5) is 12.5. The third kappa shape index (κ3) is 3.75. The standard InChI is InChI=1S/C20H17Cl2FN4O/c21-15-11-16(22)17(23)10-14(15)20(28)24-13-6-4-5-12(9-13)19-26-25-18-7-2-1-3-8-27(18)19/h4-6,9-11H,1-3,7-8H2,(H,24,28). The Morgan fingerprint density at radius 3 is 2.79 bits per heavy atom. The van der Waals surface area contributed by atoms with E-state index in [4.69, 9.17) is 23.2 Å². The van der Waals surface area contributed by atoms with E-state index in [1.54, 1.807) is 6.07 Å². The Balaban J connectivity index is 1.61. The molecule has 5 nitrogen and oxygen atoms in total. The summed E-state index contributed by atoms with van der Waals surface area (Å²) in [6.07, 6.45) is 4.31. The average molecular weight is 419 g/mol. The number of hydrogen-bond acceptors (Lipinski definition) is 3. The molecule has 0 unspecified atom stereocenters. The zero-order valence-corrected chi connectivity index (χ0v) is 16.4. The minimum absolute atomic E-state index is 0.0188. The Bertz CT molecular complexity index is 1050. The molecule has 1 aliphatic heterocycles. The van der Waals surface area contributed by atoms with Gasteiger partial charge in [0, 0.05) is 24.2 Å². The van der Waals surface area contributed by atoms with Crippen molar-refractivity contribution in [3.63, 3.8) is 0 Å². The highest BCUT2D eigenvalue weighted by Crippen LogP contribution is 2.27. The molecule has 0 spiro atoms. The van der Waals surface area contributed by atoms with Gasteiger partial charge in [-0.2, -0.15) is 0 Å². The largest absolute Gasteiger partial charge is 0.322 e. The van der Waals surface area contributed by atoms with Crippen LogP contribution in [0.1, 0.15) is 35.4 Å². The molecule has 0 radical (unpaired) electrons. The molecule has 0 saturated carbocycles. The van der Waals surface area contributed by atoms with Crippen LogP contribution in [0.25, 0.3) is 11.4 Å². The molecule has 1 amide bonds. The summed E-state index contributed by atoms with van der Waals surface area (Å²) in [6.45, 7) is 0.883. The fourth-order valence-corrected chi connectivity index (χ4v) is 3.80. The zero-order chi connectivity index (χ0) is 19.7. The number of nitrogens with one attached hydrogen (secondary N) is 1. The molecule has 0 atom stereocenters. The number of aryl methyl sites for hydroxylation is 1. The number of nitrogens with zero attached hydrogens (tertiary/aromatic N) is 3. The van der Waals surface area contributed by atoms with Crippen LogP contribution in [0.15, 0.2) is 36.4 Å². The normalized spacial score (nSPS) is 13.7. The maximum atomic E-state index is 13.7. The fourth-order valence-electron chi connectivity index (χ4n) is 3.33. The lowest BCUT2D eigenvalue weighted by atomic mass is 10.1. The predicted molar refractivity (Wildman–Crippen MR) is 107 cm³/mol. The Morgan fingerprint density at radius 2 is 1.93 bits per heavy atom. The van der Waals surface area contributed by atoms with Gasteiger partial charge in [0.25, 0.3) is 5.91 Å². The number of benzene rings is 2. The van der Waals surface area contributed by atoms with Gasteiger partial charge in [0.15, 0.2) is 5.82 Å². The van der Waals surface area contributed by atoms with Crippen molar-refractivity contribution in [2.45, 2.75) is 32.2 Å². The second-order valence-corrected chi connectivity index (χ2v) is 7.50. The lowest BCUT2D eigenvalue weighted by Gasteiger charge is -2.10. The van der Waals surface area contributed by atoms with Crippen LogP contribution in [-0.4, -0.2) is 20.7 Å². The fraction of sp³-hybridized carbons (Fsp3) is 0.250. The lowest BCUT2D eigenvalue weighted by molar-refractivity contribution is 0.102. The van der Waals surface area contributed by atoms with Gasteiger partial charge in [-0.15, -0.1) is 10.2 Å². The summed E-state index contributed by atoms with van der Waals surface area (Å²) >= 11 is 11.7. The first kappa shape index (κ1) is 18.9. The van der Waals surface area contributed by atoms with Crippen LogP contribution in [-0.2, 0) is 13.0 Å². The number of amides is 1. The van der Waals surface area contributed by atoms with Crippen molar-refractivity contribution >= 4 is 34.8 Å². The summed E-state index contributed by atoms with van der Waals surface area (Å²) in [5.41, 5.74) is 1.43. The average Bonchev–Trinajstić information content (AvgIpc) is 2.93. The number of rotatable bonds is 3. The molecule has 0 saturated heterocycles. The minimum Gasteiger partial charge on any atom is -0.322 e. The van der Waals surface area contributed by atoms with Crippen molar-refractivity contribution in [2.24, 2.45) is 0 Å².